The molecule has 1 aromatic heterocycles. The lowest BCUT2D eigenvalue weighted by molar-refractivity contribution is -0.137. The van der Waals surface area contributed by atoms with Gasteiger partial charge in [0.25, 0.3) is 5.91 Å². The topological polar surface area (TPSA) is 79.0 Å². The summed E-state index contributed by atoms with van der Waals surface area (Å²) in [6, 6.07) is 17.6. The Hall–Kier alpha value is -3.21. The molecule has 136 valence electrons. The predicted molar refractivity (Wildman–Crippen MR) is 103 cm³/mol. The van der Waals surface area contributed by atoms with Gasteiger partial charge < -0.3 is 10.3 Å². The number of carbonyl (C=O) groups excluding carboxylic acids is 3. The number of ketones is 2. The Morgan fingerprint density at radius 3 is 2.52 bits per heavy atom. The van der Waals surface area contributed by atoms with E-state index in [0.717, 1.165) is 35.9 Å². The van der Waals surface area contributed by atoms with Gasteiger partial charge in [-0.05, 0) is 42.7 Å². The zero-order valence-electron chi connectivity index (χ0n) is 14.8. The maximum Gasteiger partial charge on any atom is 0.288 e. The highest BCUT2D eigenvalue weighted by atomic mass is 16.2. The average molecular weight is 360 g/mol. The maximum absolute atomic E-state index is 12.4. The predicted octanol–water partition coefficient (Wildman–Crippen LogP) is 3.18. The van der Waals surface area contributed by atoms with Gasteiger partial charge in [-0.15, -0.1) is 0 Å². The summed E-state index contributed by atoms with van der Waals surface area (Å²) in [7, 11) is 0. The molecule has 2 N–H and O–H groups in total. The van der Waals surface area contributed by atoms with Crippen molar-refractivity contribution in [1.82, 2.24) is 10.3 Å². The minimum absolute atomic E-state index is 0.107. The van der Waals surface area contributed by atoms with Crippen LogP contribution in [0, 0.1) is 0 Å². The number of aromatic amines is 1. The van der Waals surface area contributed by atoms with Gasteiger partial charge in [-0.2, -0.15) is 0 Å². The Balaban J connectivity index is 1.46. The van der Waals surface area contributed by atoms with Gasteiger partial charge in [0, 0.05) is 34.6 Å². The van der Waals surface area contributed by atoms with E-state index in [2.05, 4.69) is 22.4 Å². The second-order valence-electron chi connectivity index (χ2n) is 7.03. The summed E-state index contributed by atoms with van der Waals surface area (Å²) in [5, 5.41) is 3.54. The zero-order chi connectivity index (χ0) is 18.8. The summed E-state index contributed by atoms with van der Waals surface area (Å²) in [6.45, 7) is 0. The Kier molecular flexibility index (Phi) is 4.59. The van der Waals surface area contributed by atoms with Gasteiger partial charge >= 0.3 is 0 Å². The lowest BCUT2D eigenvalue weighted by Crippen LogP contribution is -2.33. The van der Waals surface area contributed by atoms with E-state index < -0.39 is 18.1 Å². The van der Waals surface area contributed by atoms with E-state index in [1.807, 2.05) is 30.3 Å². The number of carbonyl (C=O) groups is 3. The number of benzene rings is 2. The summed E-state index contributed by atoms with van der Waals surface area (Å²) in [6.07, 6.45) is 2.19. The van der Waals surface area contributed by atoms with Gasteiger partial charge in [-0.25, -0.2) is 0 Å². The molecular formula is C22H20N2O3. The smallest absolute Gasteiger partial charge is 0.288 e. The van der Waals surface area contributed by atoms with Crippen molar-refractivity contribution >= 4 is 28.4 Å². The summed E-state index contributed by atoms with van der Waals surface area (Å²) < 4.78 is 0. The monoisotopic (exact) mass is 360 g/mol. The first-order chi connectivity index (χ1) is 13.1. The maximum atomic E-state index is 12.4. The van der Waals surface area contributed by atoms with Gasteiger partial charge in [-0.3, -0.25) is 14.4 Å². The van der Waals surface area contributed by atoms with Crippen LogP contribution < -0.4 is 5.32 Å². The molecule has 0 bridgehead atoms. The van der Waals surface area contributed by atoms with E-state index in [0.29, 0.717) is 5.56 Å². The largest absolute Gasteiger partial charge is 0.358 e. The summed E-state index contributed by atoms with van der Waals surface area (Å²) in [5.41, 5.74) is 3.64. The molecule has 27 heavy (non-hydrogen) atoms. The molecule has 0 aliphatic heterocycles. The number of rotatable bonds is 7. The molecule has 4 rings (SSSR count). The zero-order valence-corrected chi connectivity index (χ0v) is 14.8. The van der Waals surface area contributed by atoms with Crippen molar-refractivity contribution in [2.45, 2.75) is 31.7 Å². The molecular weight excluding hydrogens is 340 g/mol. The van der Waals surface area contributed by atoms with Crippen molar-refractivity contribution < 1.29 is 14.4 Å². The van der Waals surface area contributed by atoms with Crippen molar-refractivity contribution in [3.8, 4) is 0 Å². The fourth-order valence-corrected chi connectivity index (χ4v) is 3.10. The van der Waals surface area contributed by atoms with Crippen LogP contribution in [0.4, 0.5) is 0 Å². The fraction of sp³-hybridized carbons (Fsp3) is 0.227. The molecule has 0 saturated heterocycles. The molecule has 1 aliphatic carbocycles. The summed E-state index contributed by atoms with van der Waals surface area (Å²) in [5.74, 6) is -1.66. The molecule has 5 nitrogen and oxygen atoms in total. The molecule has 0 unspecified atom stereocenters. The highest BCUT2D eigenvalue weighted by Crippen LogP contribution is 2.21. The highest BCUT2D eigenvalue weighted by Gasteiger charge is 2.27. The number of fused-ring (bicyclic) bond motifs is 1. The van der Waals surface area contributed by atoms with E-state index in [1.54, 1.807) is 12.1 Å². The molecule has 1 aliphatic rings. The average Bonchev–Trinajstić information content (AvgIpc) is 3.38. The summed E-state index contributed by atoms with van der Waals surface area (Å²) >= 11 is 0. The number of nitrogens with one attached hydrogen (secondary N) is 2. The number of Topliss-reactive ketones (excluding diaryl/α,β-unsaturated/α-hetero) is 2. The standard InChI is InChI=1S/C22H20N2O3/c25-20(13-21(26)22(27)24-17-7-8-17)15-6-9-19-16(11-15)12-18(23-19)10-14-4-2-1-3-5-14/h1-6,9,11-12,17,23H,7-8,10,13H2,(H,24,27). The van der Waals surface area contributed by atoms with Gasteiger partial charge in [0.05, 0.1) is 6.42 Å². The minimum Gasteiger partial charge on any atom is -0.358 e. The van der Waals surface area contributed by atoms with Crippen LogP contribution in [0.1, 0.15) is 40.9 Å². The van der Waals surface area contributed by atoms with Crippen molar-refractivity contribution in [3.63, 3.8) is 0 Å². The number of aromatic nitrogens is 1. The van der Waals surface area contributed by atoms with E-state index in [4.69, 9.17) is 0 Å². The number of H-pyrrole nitrogens is 1. The number of hydrogen-bond donors (Lipinski definition) is 2. The van der Waals surface area contributed by atoms with Crippen molar-refractivity contribution in [2.75, 3.05) is 0 Å². The highest BCUT2D eigenvalue weighted by molar-refractivity contribution is 6.40. The van der Waals surface area contributed by atoms with Crippen LogP contribution in [0.3, 0.4) is 0 Å². The normalized spacial score (nSPS) is 13.5. The van der Waals surface area contributed by atoms with Crippen LogP contribution in [-0.2, 0) is 16.0 Å². The number of hydrogen-bond acceptors (Lipinski definition) is 3. The molecule has 0 radical (unpaired) electrons. The Bertz CT molecular complexity index is 1020. The lowest BCUT2D eigenvalue weighted by Gasteiger charge is -2.02. The first-order valence-corrected chi connectivity index (χ1v) is 9.11. The third-order valence-electron chi connectivity index (χ3n) is 4.72. The van der Waals surface area contributed by atoms with Crippen molar-refractivity contribution in [1.29, 1.82) is 0 Å². The van der Waals surface area contributed by atoms with E-state index in [9.17, 15) is 14.4 Å². The van der Waals surface area contributed by atoms with Crippen LogP contribution in [0.2, 0.25) is 0 Å². The van der Waals surface area contributed by atoms with Gasteiger partial charge in [-0.1, -0.05) is 30.3 Å². The Morgan fingerprint density at radius 2 is 1.78 bits per heavy atom. The third-order valence-corrected chi connectivity index (χ3v) is 4.72. The van der Waals surface area contributed by atoms with Crippen LogP contribution >= 0.6 is 0 Å². The molecule has 1 amide bonds. The third kappa shape index (κ3) is 4.14. The van der Waals surface area contributed by atoms with Crippen LogP contribution in [0.5, 0.6) is 0 Å². The van der Waals surface area contributed by atoms with Crippen LogP contribution in [0.15, 0.2) is 54.6 Å². The van der Waals surface area contributed by atoms with Gasteiger partial charge in [0.15, 0.2) is 5.78 Å². The molecule has 1 saturated carbocycles. The molecule has 1 heterocycles. The van der Waals surface area contributed by atoms with Crippen LogP contribution in [-0.4, -0.2) is 28.5 Å². The molecule has 2 aromatic carbocycles. The second kappa shape index (κ2) is 7.19. The Labute approximate surface area is 156 Å². The SMILES string of the molecule is O=C(CC(=O)c1ccc2[nH]c(Cc3ccccc3)cc2c1)C(=O)NC1CC1. The van der Waals surface area contributed by atoms with E-state index >= 15 is 0 Å². The quantitative estimate of drug-likeness (QED) is 0.386. The molecule has 1 fully saturated rings. The van der Waals surface area contributed by atoms with Crippen molar-refractivity contribution in [2.24, 2.45) is 0 Å². The van der Waals surface area contributed by atoms with Gasteiger partial charge in [0.2, 0.25) is 5.78 Å². The lowest BCUT2D eigenvalue weighted by atomic mass is 10.0. The minimum atomic E-state index is -0.675. The first-order valence-electron chi connectivity index (χ1n) is 9.11. The Morgan fingerprint density at radius 1 is 1.00 bits per heavy atom. The second-order valence-corrected chi connectivity index (χ2v) is 7.03. The van der Waals surface area contributed by atoms with E-state index in [-0.39, 0.29) is 11.8 Å². The first kappa shape index (κ1) is 17.2. The van der Waals surface area contributed by atoms with Crippen LogP contribution in [0.25, 0.3) is 10.9 Å². The molecule has 0 spiro atoms. The molecule has 0 atom stereocenters. The molecule has 5 heteroatoms. The van der Waals surface area contributed by atoms with Crippen molar-refractivity contribution in [3.05, 3.63) is 71.4 Å². The van der Waals surface area contributed by atoms with Gasteiger partial charge in [0.1, 0.15) is 0 Å². The van der Waals surface area contributed by atoms with E-state index in [1.165, 1.54) is 5.56 Å². The fourth-order valence-electron chi connectivity index (χ4n) is 3.10. The summed E-state index contributed by atoms with van der Waals surface area (Å²) in [4.78, 5) is 39.4. The molecule has 3 aromatic rings. The number of amides is 1.